The van der Waals surface area contributed by atoms with Gasteiger partial charge in [0.15, 0.2) is 0 Å². The van der Waals surface area contributed by atoms with Crippen LogP contribution in [0.4, 0.5) is 10.5 Å². The van der Waals surface area contributed by atoms with Gasteiger partial charge < -0.3 is 10.6 Å². The summed E-state index contributed by atoms with van der Waals surface area (Å²) in [5.41, 5.74) is 3.81. The molecule has 30 heavy (non-hydrogen) atoms. The number of hydrogen-bond acceptors (Lipinski definition) is 3. The lowest BCUT2D eigenvalue weighted by Gasteiger charge is -2.30. The van der Waals surface area contributed by atoms with Crippen LogP contribution in [-0.4, -0.2) is 43.0 Å². The molecule has 1 unspecified atom stereocenters. The van der Waals surface area contributed by atoms with Gasteiger partial charge in [-0.25, -0.2) is 4.79 Å². The summed E-state index contributed by atoms with van der Waals surface area (Å²) in [6.45, 7) is 7.49. The lowest BCUT2D eigenvalue weighted by Crippen LogP contribution is -2.33. The van der Waals surface area contributed by atoms with Gasteiger partial charge in [-0.2, -0.15) is 0 Å². The predicted molar refractivity (Wildman–Crippen MR) is 118 cm³/mol. The largest absolute Gasteiger partial charge is 0.348 e. The molecule has 2 heterocycles. The number of nitrogens with zero attached hydrogens (tertiary/aromatic N) is 2. The molecule has 2 aliphatic heterocycles. The molecule has 0 aromatic heterocycles. The van der Waals surface area contributed by atoms with Gasteiger partial charge in [-0.15, -0.1) is 0 Å². The molecule has 0 radical (unpaired) electrons. The molecule has 4 rings (SSSR count). The number of hydrogen-bond donors (Lipinski definition) is 2. The quantitative estimate of drug-likeness (QED) is 0.773. The molecule has 0 aliphatic carbocycles. The maximum atomic E-state index is 12.5. The third kappa shape index (κ3) is 5.00. The number of piperidine rings is 1. The van der Waals surface area contributed by atoms with Crippen LogP contribution >= 0.6 is 0 Å². The highest BCUT2D eigenvalue weighted by molar-refractivity contribution is 5.96. The number of carbonyl (C=O) groups is 2. The van der Waals surface area contributed by atoms with Crippen molar-refractivity contribution in [2.75, 3.05) is 31.1 Å². The van der Waals surface area contributed by atoms with Crippen molar-refractivity contribution in [1.29, 1.82) is 0 Å². The molecule has 6 nitrogen and oxygen atoms in total. The SMILES string of the molecule is CC1CCCN(Cc2ccc(CNC(=O)c3ccc(N4CCNC4=O)cc3)cc2)C1. The Morgan fingerprint density at radius 1 is 1.07 bits per heavy atom. The smallest absolute Gasteiger partial charge is 0.321 e. The summed E-state index contributed by atoms with van der Waals surface area (Å²) in [5.74, 6) is 0.675. The Balaban J connectivity index is 1.27. The number of rotatable bonds is 6. The first-order valence-electron chi connectivity index (χ1n) is 10.8. The van der Waals surface area contributed by atoms with Crippen LogP contribution in [-0.2, 0) is 13.1 Å². The van der Waals surface area contributed by atoms with Gasteiger partial charge in [0.1, 0.15) is 0 Å². The van der Waals surface area contributed by atoms with Gasteiger partial charge in [-0.05, 0) is 60.7 Å². The highest BCUT2D eigenvalue weighted by atomic mass is 16.2. The minimum Gasteiger partial charge on any atom is -0.348 e. The van der Waals surface area contributed by atoms with E-state index in [1.807, 2.05) is 12.1 Å². The second kappa shape index (κ2) is 9.30. The second-order valence-corrected chi connectivity index (χ2v) is 8.41. The van der Waals surface area contributed by atoms with Crippen molar-refractivity contribution < 1.29 is 9.59 Å². The summed E-state index contributed by atoms with van der Waals surface area (Å²) < 4.78 is 0. The molecule has 2 N–H and O–H groups in total. The van der Waals surface area contributed by atoms with E-state index in [2.05, 4.69) is 46.7 Å². The zero-order valence-electron chi connectivity index (χ0n) is 17.6. The number of carbonyl (C=O) groups excluding carboxylic acids is 2. The second-order valence-electron chi connectivity index (χ2n) is 8.41. The number of benzene rings is 2. The number of likely N-dealkylation sites (tertiary alicyclic amines) is 1. The Morgan fingerprint density at radius 2 is 1.80 bits per heavy atom. The third-order valence-corrected chi connectivity index (χ3v) is 5.92. The van der Waals surface area contributed by atoms with E-state index in [-0.39, 0.29) is 11.9 Å². The van der Waals surface area contributed by atoms with Crippen molar-refractivity contribution in [3.63, 3.8) is 0 Å². The number of anilines is 1. The maximum absolute atomic E-state index is 12.5. The van der Waals surface area contributed by atoms with Crippen molar-refractivity contribution in [3.8, 4) is 0 Å². The molecule has 2 aromatic rings. The van der Waals surface area contributed by atoms with E-state index in [9.17, 15) is 9.59 Å². The van der Waals surface area contributed by atoms with Crippen molar-refractivity contribution >= 4 is 17.6 Å². The lowest BCUT2D eigenvalue weighted by atomic mass is 9.99. The summed E-state index contributed by atoms with van der Waals surface area (Å²) in [7, 11) is 0. The van der Waals surface area contributed by atoms with Crippen LogP contribution < -0.4 is 15.5 Å². The van der Waals surface area contributed by atoms with E-state index in [0.717, 1.165) is 23.7 Å². The number of amides is 3. The molecule has 6 heteroatoms. The minimum absolute atomic E-state index is 0.0922. The van der Waals surface area contributed by atoms with Crippen molar-refractivity contribution in [2.24, 2.45) is 5.92 Å². The molecule has 2 aliphatic rings. The van der Waals surface area contributed by atoms with E-state index in [4.69, 9.17) is 0 Å². The monoisotopic (exact) mass is 406 g/mol. The van der Waals surface area contributed by atoms with Crippen molar-refractivity contribution in [1.82, 2.24) is 15.5 Å². The van der Waals surface area contributed by atoms with Gasteiger partial charge >= 0.3 is 6.03 Å². The van der Waals surface area contributed by atoms with Crippen LogP contribution in [0.2, 0.25) is 0 Å². The van der Waals surface area contributed by atoms with Crippen LogP contribution in [0.3, 0.4) is 0 Å². The Hall–Kier alpha value is -2.86. The highest BCUT2D eigenvalue weighted by Crippen LogP contribution is 2.19. The van der Waals surface area contributed by atoms with Gasteiger partial charge in [-0.1, -0.05) is 31.2 Å². The third-order valence-electron chi connectivity index (χ3n) is 5.92. The summed E-state index contributed by atoms with van der Waals surface area (Å²) >= 11 is 0. The average Bonchev–Trinajstić information content (AvgIpc) is 3.19. The molecule has 1 atom stereocenters. The topological polar surface area (TPSA) is 64.7 Å². The summed E-state index contributed by atoms with van der Waals surface area (Å²) in [5, 5.41) is 5.75. The average molecular weight is 407 g/mol. The zero-order valence-corrected chi connectivity index (χ0v) is 17.6. The fourth-order valence-corrected chi connectivity index (χ4v) is 4.25. The van der Waals surface area contributed by atoms with Crippen LogP contribution in [0, 0.1) is 5.92 Å². The van der Waals surface area contributed by atoms with E-state index >= 15 is 0 Å². The molecular weight excluding hydrogens is 376 g/mol. The van der Waals surface area contributed by atoms with E-state index < -0.39 is 0 Å². The van der Waals surface area contributed by atoms with Gasteiger partial charge in [0.2, 0.25) is 0 Å². The first-order chi connectivity index (χ1) is 14.6. The Kier molecular flexibility index (Phi) is 6.33. The molecule has 2 fully saturated rings. The molecule has 158 valence electrons. The van der Waals surface area contributed by atoms with E-state index in [1.165, 1.54) is 31.5 Å². The minimum atomic E-state index is -0.112. The number of nitrogens with one attached hydrogen (secondary N) is 2. The molecule has 0 spiro atoms. The fraction of sp³-hybridized carbons (Fsp3) is 0.417. The molecule has 0 saturated carbocycles. The van der Waals surface area contributed by atoms with E-state index in [0.29, 0.717) is 25.2 Å². The molecule has 2 aromatic carbocycles. The summed E-state index contributed by atoms with van der Waals surface area (Å²) in [6, 6.07) is 15.6. The predicted octanol–water partition coefficient (Wildman–Crippen LogP) is 3.38. The normalized spacial score (nSPS) is 19.6. The van der Waals surface area contributed by atoms with Crippen LogP contribution in [0.15, 0.2) is 48.5 Å². The first kappa shape index (κ1) is 20.4. The van der Waals surface area contributed by atoms with E-state index in [1.54, 1.807) is 17.0 Å². The van der Waals surface area contributed by atoms with Crippen LogP contribution in [0.5, 0.6) is 0 Å². The summed E-state index contributed by atoms with van der Waals surface area (Å²) in [6.07, 6.45) is 2.63. The van der Waals surface area contributed by atoms with Crippen molar-refractivity contribution in [3.05, 3.63) is 65.2 Å². The molecule has 0 bridgehead atoms. The molecular formula is C24H30N4O2. The van der Waals surface area contributed by atoms with Crippen LogP contribution in [0.1, 0.15) is 41.3 Å². The summed E-state index contributed by atoms with van der Waals surface area (Å²) in [4.78, 5) is 28.4. The standard InChI is InChI=1S/C24H30N4O2/c1-18-3-2-13-27(16-18)17-20-6-4-19(5-7-20)15-26-23(29)21-8-10-22(11-9-21)28-14-12-25-24(28)30/h4-11,18H,2-3,12-17H2,1H3,(H,25,30)(H,26,29). The lowest BCUT2D eigenvalue weighted by molar-refractivity contribution is 0.0951. The Morgan fingerprint density at radius 3 is 2.47 bits per heavy atom. The maximum Gasteiger partial charge on any atom is 0.321 e. The molecule has 2 saturated heterocycles. The number of urea groups is 1. The van der Waals surface area contributed by atoms with Gasteiger partial charge in [-0.3, -0.25) is 14.6 Å². The fourth-order valence-electron chi connectivity index (χ4n) is 4.25. The highest BCUT2D eigenvalue weighted by Gasteiger charge is 2.21. The van der Waals surface area contributed by atoms with Crippen LogP contribution in [0.25, 0.3) is 0 Å². The van der Waals surface area contributed by atoms with Gasteiger partial charge in [0.25, 0.3) is 5.91 Å². The van der Waals surface area contributed by atoms with Gasteiger partial charge in [0.05, 0.1) is 0 Å². The molecule has 3 amide bonds. The first-order valence-corrected chi connectivity index (χ1v) is 10.8. The van der Waals surface area contributed by atoms with Gasteiger partial charge in [0, 0.05) is 44.0 Å². The Labute approximate surface area is 178 Å². The Bertz CT molecular complexity index is 879. The van der Waals surface area contributed by atoms with Crippen molar-refractivity contribution in [2.45, 2.75) is 32.9 Å². The zero-order chi connectivity index (χ0) is 20.9.